The van der Waals surface area contributed by atoms with Crippen LogP contribution in [-0.4, -0.2) is 54.7 Å². The van der Waals surface area contributed by atoms with Gasteiger partial charge in [-0.25, -0.2) is 9.59 Å². The quantitative estimate of drug-likeness (QED) is 0.0604. The van der Waals surface area contributed by atoms with Gasteiger partial charge in [0.1, 0.15) is 11.4 Å². The predicted octanol–water partition coefficient (Wildman–Crippen LogP) is 7.25. The number of hydrogen-bond donors (Lipinski definition) is 5. The molecule has 11 nitrogen and oxygen atoms in total. The third-order valence-corrected chi connectivity index (χ3v) is 8.18. The molecule has 1 aromatic heterocycles. The van der Waals surface area contributed by atoms with Gasteiger partial charge >= 0.3 is 12.1 Å². The van der Waals surface area contributed by atoms with Gasteiger partial charge in [-0.1, -0.05) is 54.6 Å². The van der Waals surface area contributed by atoms with Crippen molar-refractivity contribution in [3.8, 4) is 0 Å². The van der Waals surface area contributed by atoms with Gasteiger partial charge in [0, 0.05) is 41.8 Å². The number of esters is 1. The van der Waals surface area contributed by atoms with E-state index in [9.17, 15) is 19.2 Å². The fraction of sp³-hybridized carbons (Fsp3) is 0.268. The summed E-state index contributed by atoms with van der Waals surface area (Å²) >= 11 is 0. The summed E-state index contributed by atoms with van der Waals surface area (Å²) in [6.07, 6.45) is 2.18. The summed E-state index contributed by atoms with van der Waals surface area (Å²) in [6, 6.07) is 29.8. The molecule has 0 aliphatic rings. The van der Waals surface area contributed by atoms with Crippen molar-refractivity contribution in [1.82, 2.24) is 15.6 Å². The average molecular weight is 704 g/mol. The van der Waals surface area contributed by atoms with Gasteiger partial charge in [0.25, 0.3) is 11.8 Å². The van der Waals surface area contributed by atoms with Crippen LogP contribution < -0.4 is 21.3 Å². The van der Waals surface area contributed by atoms with Gasteiger partial charge in [-0.2, -0.15) is 0 Å². The number of benzene rings is 4. The summed E-state index contributed by atoms with van der Waals surface area (Å²) in [4.78, 5) is 53.9. The van der Waals surface area contributed by atoms with E-state index in [1.807, 2.05) is 87.5 Å². The maximum atomic E-state index is 13.7. The van der Waals surface area contributed by atoms with E-state index in [0.29, 0.717) is 53.2 Å². The topological polar surface area (TPSA) is 151 Å². The molecule has 5 rings (SSSR count). The summed E-state index contributed by atoms with van der Waals surface area (Å²) in [5, 5.41) is 12.5. The van der Waals surface area contributed by atoms with Crippen molar-refractivity contribution in [2.24, 2.45) is 0 Å². The molecule has 11 heteroatoms. The number of aromatic amines is 1. The molecule has 0 atom stereocenters. The lowest BCUT2D eigenvalue weighted by Gasteiger charge is -2.19. The first-order chi connectivity index (χ1) is 25.0. The fourth-order valence-electron chi connectivity index (χ4n) is 5.65. The number of rotatable bonds is 14. The molecule has 1 heterocycles. The van der Waals surface area contributed by atoms with Crippen LogP contribution in [0, 0.1) is 0 Å². The molecular weight excluding hydrogens is 658 g/mol. The molecule has 52 heavy (non-hydrogen) atoms. The third kappa shape index (κ3) is 10.5. The van der Waals surface area contributed by atoms with E-state index in [4.69, 9.17) is 9.47 Å². The zero-order valence-corrected chi connectivity index (χ0v) is 29.9. The molecule has 4 aromatic carbocycles. The lowest BCUT2D eigenvalue weighted by Crippen LogP contribution is -2.36. The lowest BCUT2D eigenvalue weighted by molar-refractivity contribution is 0.0526. The Labute approximate surface area is 303 Å². The Hall–Kier alpha value is -5.94. The van der Waals surface area contributed by atoms with Crippen molar-refractivity contribution in [1.29, 1.82) is 0 Å². The Morgan fingerprint density at radius 3 is 2.10 bits per heavy atom. The molecule has 5 N–H and O–H groups in total. The van der Waals surface area contributed by atoms with Gasteiger partial charge in [-0.05, 0) is 99.2 Å². The number of aromatic nitrogens is 1. The number of carbonyl (C=O) groups is 4. The second-order valence-corrected chi connectivity index (χ2v) is 13.4. The second-order valence-electron chi connectivity index (χ2n) is 13.4. The number of alkyl carbamates (subject to hydrolysis) is 1. The Kier molecular flexibility index (Phi) is 12.4. The number of methoxy groups -OCH3 is 1. The van der Waals surface area contributed by atoms with Crippen LogP contribution in [0.5, 0.6) is 0 Å². The number of hydrogen-bond acceptors (Lipinski definition) is 7. The number of nitrogens with one attached hydrogen (secondary N) is 5. The first kappa shape index (κ1) is 37.3. The molecule has 0 spiro atoms. The molecule has 0 radical (unpaired) electrons. The number of H-pyrrole nitrogens is 1. The fourth-order valence-corrected chi connectivity index (χ4v) is 5.65. The lowest BCUT2D eigenvalue weighted by atomic mass is 10.0. The first-order valence-corrected chi connectivity index (χ1v) is 17.2. The molecule has 0 aliphatic heterocycles. The van der Waals surface area contributed by atoms with Crippen molar-refractivity contribution in [3.63, 3.8) is 0 Å². The number of fused-ring (bicyclic) bond motifs is 1. The minimum absolute atomic E-state index is 0.302. The smallest absolute Gasteiger partial charge is 0.407 e. The Morgan fingerprint density at radius 1 is 0.712 bits per heavy atom. The normalized spacial score (nSPS) is 11.2. The summed E-state index contributed by atoms with van der Waals surface area (Å²) < 4.78 is 10.0. The van der Waals surface area contributed by atoms with Crippen LogP contribution in [0.2, 0.25) is 0 Å². The molecule has 0 fully saturated rings. The molecule has 0 saturated heterocycles. The van der Waals surface area contributed by atoms with E-state index in [0.717, 1.165) is 41.5 Å². The molecule has 3 amide bonds. The van der Waals surface area contributed by atoms with Crippen molar-refractivity contribution in [3.05, 3.63) is 130 Å². The number of anilines is 2. The van der Waals surface area contributed by atoms with Gasteiger partial charge in [-0.3, -0.25) is 9.59 Å². The van der Waals surface area contributed by atoms with Gasteiger partial charge in [0.2, 0.25) is 0 Å². The van der Waals surface area contributed by atoms with Crippen LogP contribution in [0.3, 0.4) is 0 Å². The number of carbonyl (C=O) groups excluding carboxylic acids is 4. The summed E-state index contributed by atoms with van der Waals surface area (Å²) in [5.41, 5.74) is 5.26. The molecule has 5 aromatic rings. The standard InChI is InChI=1S/C41H45N5O6/c1-41(2,3)52-40(50)43-24-23-42-26-29-11-8-12-31(25-29)37(47)46-36-35(33-13-5-6-14-34(33)45-36)38(48)44-32-21-17-28(18-22-32)10-7-9-27-15-19-30(20-16-27)39(49)51-4/h5-6,8,11-22,25,42,45H,7,9-10,23-24,26H2,1-4H3,(H,43,50)(H,44,48)(H,46,47). The second kappa shape index (κ2) is 17.3. The van der Waals surface area contributed by atoms with Crippen molar-refractivity contribution >= 4 is 46.3 Å². The minimum atomic E-state index is -0.560. The largest absolute Gasteiger partial charge is 0.465 e. The number of para-hydroxylation sites is 1. The van der Waals surface area contributed by atoms with E-state index < -0.39 is 11.7 Å². The van der Waals surface area contributed by atoms with E-state index in [1.165, 1.54) is 7.11 Å². The summed E-state index contributed by atoms with van der Waals surface area (Å²) in [7, 11) is 1.37. The van der Waals surface area contributed by atoms with Gasteiger partial charge < -0.3 is 35.7 Å². The summed E-state index contributed by atoms with van der Waals surface area (Å²) in [5.74, 6) is -0.761. The molecule has 0 saturated carbocycles. The number of ether oxygens (including phenoxy) is 2. The van der Waals surface area contributed by atoms with Gasteiger partial charge in [-0.15, -0.1) is 0 Å². The maximum absolute atomic E-state index is 13.7. The van der Waals surface area contributed by atoms with Gasteiger partial charge in [0.05, 0.1) is 18.2 Å². The van der Waals surface area contributed by atoms with Crippen LogP contribution in [-0.2, 0) is 28.9 Å². The Bertz CT molecular complexity index is 2010. The Balaban J connectivity index is 1.17. The highest BCUT2D eigenvalue weighted by atomic mass is 16.6. The Morgan fingerprint density at radius 2 is 1.40 bits per heavy atom. The monoisotopic (exact) mass is 703 g/mol. The number of amides is 3. The highest BCUT2D eigenvalue weighted by Crippen LogP contribution is 2.28. The SMILES string of the molecule is COC(=O)c1ccc(CCCc2ccc(NC(=O)c3c(NC(=O)c4cccc(CNCCNC(=O)OC(C)(C)C)c4)[nH]c4ccccc34)cc2)cc1. The van der Waals surface area contributed by atoms with Crippen LogP contribution in [0.1, 0.15) is 75.0 Å². The highest BCUT2D eigenvalue weighted by Gasteiger charge is 2.21. The van der Waals surface area contributed by atoms with Crippen molar-refractivity contribution in [2.75, 3.05) is 30.8 Å². The van der Waals surface area contributed by atoms with Crippen molar-refractivity contribution in [2.45, 2.75) is 52.2 Å². The molecule has 0 bridgehead atoms. The van der Waals surface area contributed by atoms with Crippen LogP contribution in [0.25, 0.3) is 10.9 Å². The zero-order chi connectivity index (χ0) is 37.1. The van der Waals surface area contributed by atoms with Crippen LogP contribution in [0.4, 0.5) is 16.3 Å². The molecule has 0 aliphatic carbocycles. The zero-order valence-electron chi connectivity index (χ0n) is 29.9. The molecule has 0 unspecified atom stereocenters. The van der Waals surface area contributed by atoms with E-state index in [-0.39, 0.29) is 17.8 Å². The molecular formula is C41H45N5O6. The van der Waals surface area contributed by atoms with Crippen LogP contribution in [0.15, 0.2) is 97.1 Å². The van der Waals surface area contributed by atoms with E-state index in [2.05, 4.69) is 26.3 Å². The van der Waals surface area contributed by atoms with E-state index >= 15 is 0 Å². The number of aryl methyl sites for hydroxylation is 2. The molecule has 270 valence electrons. The third-order valence-electron chi connectivity index (χ3n) is 8.18. The van der Waals surface area contributed by atoms with E-state index in [1.54, 1.807) is 30.3 Å². The van der Waals surface area contributed by atoms with Crippen LogP contribution >= 0.6 is 0 Å². The highest BCUT2D eigenvalue weighted by molar-refractivity contribution is 6.19. The first-order valence-electron chi connectivity index (χ1n) is 17.2. The maximum Gasteiger partial charge on any atom is 0.407 e. The predicted molar refractivity (Wildman–Crippen MR) is 203 cm³/mol. The van der Waals surface area contributed by atoms with Gasteiger partial charge in [0.15, 0.2) is 0 Å². The van der Waals surface area contributed by atoms with Crippen molar-refractivity contribution < 1.29 is 28.7 Å². The average Bonchev–Trinajstić information content (AvgIpc) is 3.49. The minimum Gasteiger partial charge on any atom is -0.465 e. The summed E-state index contributed by atoms with van der Waals surface area (Å²) in [6.45, 7) is 6.82.